The highest BCUT2D eigenvalue weighted by molar-refractivity contribution is 6.07. The van der Waals surface area contributed by atoms with Crippen molar-refractivity contribution in [3.05, 3.63) is 217 Å². The van der Waals surface area contributed by atoms with Gasteiger partial charge in [-0.2, -0.15) is 0 Å². The zero-order chi connectivity index (χ0) is 37.8. The van der Waals surface area contributed by atoms with Crippen LogP contribution in [-0.4, -0.2) is 4.57 Å². The highest BCUT2D eigenvalue weighted by Crippen LogP contribution is 2.51. The number of benzene rings is 8. The molecule has 1 aliphatic rings. The lowest BCUT2D eigenvalue weighted by atomic mass is 9.82. The molecule has 3 heteroatoms. The maximum atomic E-state index is 14.3. The van der Waals surface area contributed by atoms with Crippen molar-refractivity contribution < 1.29 is 4.39 Å². The van der Waals surface area contributed by atoms with Crippen LogP contribution in [0.1, 0.15) is 25.0 Å². The summed E-state index contributed by atoms with van der Waals surface area (Å²) < 4.78 is 16.7. The van der Waals surface area contributed by atoms with Crippen molar-refractivity contribution in [1.29, 1.82) is 0 Å². The van der Waals surface area contributed by atoms with Crippen LogP contribution < -0.4 is 4.90 Å². The van der Waals surface area contributed by atoms with Crippen LogP contribution in [0.4, 0.5) is 21.5 Å². The number of para-hydroxylation sites is 1. The van der Waals surface area contributed by atoms with E-state index in [1.54, 1.807) is 0 Å². The Morgan fingerprint density at radius 3 is 1.70 bits per heavy atom. The molecule has 0 atom stereocenters. The highest BCUT2D eigenvalue weighted by Gasteiger charge is 2.35. The van der Waals surface area contributed by atoms with Crippen molar-refractivity contribution in [2.75, 3.05) is 4.90 Å². The Balaban J connectivity index is 1.11. The van der Waals surface area contributed by atoms with Gasteiger partial charge in [0, 0.05) is 39.1 Å². The molecule has 0 saturated carbocycles. The standard InChI is InChI=1S/C53H39FN2/c1-53(2)48-21-13-12-20-45(48)46-32-31-44(35-49(46)53)55(43-29-25-40(54)26-30-43)42-27-22-36(23-28-42)39-24-33-50-47(34-39)51(37-14-6-3-7-15-37)52(38-16-8-4-9-17-38)56(50)41-18-10-5-11-19-41/h3-35H,1-2H3. The Morgan fingerprint density at radius 2 is 1.00 bits per heavy atom. The molecule has 0 amide bonds. The van der Waals surface area contributed by atoms with Crippen molar-refractivity contribution in [3.8, 4) is 50.3 Å². The van der Waals surface area contributed by atoms with E-state index in [4.69, 9.17) is 0 Å². The fourth-order valence-electron chi connectivity index (χ4n) is 8.75. The van der Waals surface area contributed by atoms with Crippen molar-refractivity contribution in [3.63, 3.8) is 0 Å². The normalized spacial score (nSPS) is 12.7. The molecule has 0 N–H and O–H groups in total. The van der Waals surface area contributed by atoms with E-state index in [1.807, 2.05) is 12.1 Å². The van der Waals surface area contributed by atoms with Gasteiger partial charge in [0.05, 0.1) is 11.2 Å². The summed E-state index contributed by atoms with van der Waals surface area (Å²) in [4.78, 5) is 2.23. The van der Waals surface area contributed by atoms with Gasteiger partial charge >= 0.3 is 0 Å². The molecular formula is C53H39FN2. The van der Waals surface area contributed by atoms with Crippen LogP contribution in [0.2, 0.25) is 0 Å². The topological polar surface area (TPSA) is 8.17 Å². The smallest absolute Gasteiger partial charge is 0.123 e. The van der Waals surface area contributed by atoms with E-state index >= 15 is 0 Å². The molecule has 0 aliphatic heterocycles. The first kappa shape index (κ1) is 33.6. The second kappa shape index (κ2) is 13.4. The molecule has 0 fully saturated rings. The molecule has 268 valence electrons. The Labute approximate surface area is 327 Å². The summed E-state index contributed by atoms with van der Waals surface area (Å²) in [5.41, 5.74) is 17.2. The van der Waals surface area contributed by atoms with Gasteiger partial charge in [-0.05, 0) is 117 Å². The Bertz CT molecular complexity index is 2860. The van der Waals surface area contributed by atoms with E-state index in [2.05, 4.69) is 199 Å². The van der Waals surface area contributed by atoms with Gasteiger partial charge in [-0.1, -0.05) is 141 Å². The lowest BCUT2D eigenvalue weighted by Crippen LogP contribution is -2.16. The number of rotatable bonds is 7. The minimum absolute atomic E-state index is 0.142. The average Bonchev–Trinajstić information content (AvgIpc) is 3.71. The van der Waals surface area contributed by atoms with Crippen molar-refractivity contribution in [2.24, 2.45) is 0 Å². The summed E-state index contributed by atoms with van der Waals surface area (Å²) in [7, 11) is 0. The highest BCUT2D eigenvalue weighted by atomic mass is 19.1. The fourth-order valence-corrected chi connectivity index (χ4v) is 8.75. The summed E-state index contributed by atoms with van der Waals surface area (Å²) in [6.45, 7) is 4.60. The summed E-state index contributed by atoms with van der Waals surface area (Å²) in [6.07, 6.45) is 0. The maximum absolute atomic E-state index is 14.3. The van der Waals surface area contributed by atoms with Gasteiger partial charge in [-0.3, -0.25) is 0 Å². The molecule has 1 aliphatic carbocycles. The van der Waals surface area contributed by atoms with Crippen LogP contribution in [0.3, 0.4) is 0 Å². The Morgan fingerprint density at radius 1 is 0.446 bits per heavy atom. The maximum Gasteiger partial charge on any atom is 0.123 e. The zero-order valence-corrected chi connectivity index (χ0v) is 31.3. The van der Waals surface area contributed by atoms with E-state index in [1.165, 1.54) is 56.6 Å². The molecule has 0 radical (unpaired) electrons. The second-order valence-corrected chi connectivity index (χ2v) is 15.1. The number of halogens is 1. The van der Waals surface area contributed by atoms with E-state index in [0.29, 0.717) is 0 Å². The van der Waals surface area contributed by atoms with Gasteiger partial charge in [-0.25, -0.2) is 4.39 Å². The molecule has 8 aromatic carbocycles. The molecule has 0 spiro atoms. The number of anilines is 3. The number of fused-ring (bicyclic) bond motifs is 4. The van der Waals surface area contributed by atoms with Crippen molar-refractivity contribution in [1.82, 2.24) is 4.57 Å². The quantitative estimate of drug-likeness (QED) is 0.159. The van der Waals surface area contributed by atoms with Gasteiger partial charge < -0.3 is 9.47 Å². The second-order valence-electron chi connectivity index (χ2n) is 15.1. The minimum Gasteiger partial charge on any atom is -0.310 e. The molecule has 1 heterocycles. The summed E-state index contributed by atoms with van der Waals surface area (Å²) >= 11 is 0. The van der Waals surface area contributed by atoms with E-state index in [0.717, 1.165) is 45.0 Å². The summed E-state index contributed by atoms with van der Waals surface area (Å²) in [5, 5.41) is 1.19. The van der Waals surface area contributed by atoms with E-state index in [9.17, 15) is 4.39 Å². The van der Waals surface area contributed by atoms with Crippen LogP contribution in [0.25, 0.3) is 61.2 Å². The zero-order valence-electron chi connectivity index (χ0n) is 31.3. The monoisotopic (exact) mass is 722 g/mol. The number of aromatic nitrogens is 1. The van der Waals surface area contributed by atoms with Gasteiger partial charge in [0.1, 0.15) is 5.82 Å². The lowest BCUT2D eigenvalue weighted by Gasteiger charge is -2.28. The number of nitrogens with zero attached hydrogens (tertiary/aromatic N) is 2. The summed E-state index contributed by atoms with van der Waals surface area (Å²) in [6, 6.07) is 69.9. The first-order valence-corrected chi connectivity index (χ1v) is 19.2. The fraction of sp³-hybridized carbons (Fsp3) is 0.0566. The molecule has 0 bridgehead atoms. The lowest BCUT2D eigenvalue weighted by molar-refractivity contribution is 0.628. The molecule has 56 heavy (non-hydrogen) atoms. The first-order valence-electron chi connectivity index (χ1n) is 19.2. The molecule has 9 aromatic rings. The van der Waals surface area contributed by atoms with Gasteiger partial charge in [0.2, 0.25) is 0 Å². The average molecular weight is 723 g/mol. The molecule has 2 nitrogen and oxygen atoms in total. The van der Waals surface area contributed by atoms with Gasteiger partial charge in [0.15, 0.2) is 0 Å². The number of hydrogen-bond donors (Lipinski definition) is 0. The van der Waals surface area contributed by atoms with Crippen LogP contribution in [0.5, 0.6) is 0 Å². The van der Waals surface area contributed by atoms with Crippen molar-refractivity contribution in [2.45, 2.75) is 19.3 Å². The Kier molecular flexibility index (Phi) is 8.04. The van der Waals surface area contributed by atoms with Gasteiger partial charge in [0.25, 0.3) is 0 Å². The van der Waals surface area contributed by atoms with Crippen LogP contribution in [0, 0.1) is 5.82 Å². The molecule has 0 saturated heterocycles. The largest absolute Gasteiger partial charge is 0.310 e. The van der Waals surface area contributed by atoms with Crippen LogP contribution in [-0.2, 0) is 5.41 Å². The predicted octanol–water partition coefficient (Wildman–Crippen LogP) is 14.5. The van der Waals surface area contributed by atoms with Crippen molar-refractivity contribution >= 4 is 28.0 Å². The SMILES string of the molecule is CC1(C)c2ccccc2-c2ccc(N(c3ccc(F)cc3)c3ccc(-c4ccc5c(c4)c(-c4ccccc4)c(-c4ccccc4)n5-c4ccccc4)cc3)cc21. The minimum atomic E-state index is -0.253. The van der Waals surface area contributed by atoms with E-state index in [-0.39, 0.29) is 11.2 Å². The van der Waals surface area contributed by atoms with Gasteiger partial charge in [-0.15, -0.1) is 0 Å². The molecular weight excluding hydrogens is 684 g/mol. The third-order valence-electron chi connectivity index (χ3n) is 11.5. The summed E-state index contributed by atoms with van der Waals surface area (Å²) in [5.74, 6) is -0.253. The third-order valence-corrected chi connectivity index (χ3v) is 11.5. The molecule has 1 aromatic heterocycles. The third kappa shape index (κ3) is 5.55. The van der Waals surface area contributed by atoms with Crippen LogP contribution >= 0.6 is 0 Å². The predicted molar refractivity (Wildman–Crippen MR) is 232 cm³/mol. The number of hydrogen-bond acceptors (Lipinski definition) is 1. The van der Waals surface area contributed by atoms with Crippen LogP contribution in [0.15, 0.2) is 200 Å². The molecule has 0 unspecified atom stereocenters. The van der Waals surface area contributed by atoms with E-state index < -0.39 is 0 Å². The first-order chi connectivity index (χ1) is 27.5. The Hall–Kier alpha value is -6.97. The molecule has 10 rings (SSSR count).